The van der Waals surface area contributed by atoms with Gasteiger partial charge in [0.05, 0.1) is 7.11 Å². The van der Waals surface area contributed by atoms with Crippen LogP contribution in [0.2, 0.25) is 0 Å². The summed E-state index contributed by atoms with van der Waals surface area (Å²) in [6.07, 6.45) is 0. The summed E-state index contributed by atoms with van der Waals surface area (Å²) < 4.78 is 19.5. The van der Waals surface area contributed by atoms with Crippen LogP contribution in [-0.2, 0) is 0 Å². The van der Waals surface area contributed by atoms with Gasteiger partial charge in [0.25, 0.3) is 0 Å². The zero-order valence-corrected chi connectivity index (χ0v) is 12.1. The molecular formula is C17H20FNO. The second kappa shape index (κ2) is 6.53. The topological polar surface area (TPSA) is 21.3 Å². The zero-order chi connectivity index (χ0) is 14.5. The predicted molar refractivity (Wildman–Crippen MR) is 79.6 cm³/mol. The molecular weight excluding hydrogens is 253 g/mol. The monoisotopic (exact) mass is 273 g/mol. The van der Waals surface area contributed by atoms with Gasteiger partial charge in [0.2, 0.25) is 0 Å². The highest BCUT2D eigenvalue weighted by molar-refractivity contribution is 5.35. The van der Waals surface area contributed by atoms with Gasteiger partial charge >= 0.3 is 0 Å². The van der Waals surface area contributed by atoms with E-state index in [-0.39, 0.29) is 23.5 Å². The third-order valence-corrected chi connectivity index (χ3v) is 3.68. The Balaban J connectivity index is 2.38. The number of hydrogen-bond acceptors (Lipinski definition) is 2. The Morgan fingerprint density at radius 3 is 2.35 bits per heavy atom. The van der Waals surface area contributed by atoms with Crippen LogP contribution in [0.3, 0.4) is 0 Å². The van der Waals surface area contributed by atoms with E-state index in [0.717, 1.165) is 0 Å². The molecule has 0 aliphatic rings. The number of hydrogen-bond donors (Lipinski definition) is 1. The van der Waals surface area contributed by atoms with Crippen LogP contribution in [0, 0.1) is 5.82 Å². The highest BCUT2D eigenvalue weighted by atomic mass is 19.1. The van der Waals surface area contributed by atoms with E-state index in [2.05, 4.69) is 24.4 Å². The molecule has 20 heavy (non-hydrogen) atoms. The Morgan fingerprint density at radius 2 is 1.75 bits per heavy atom. The molecule has 0 saturated carbocycles. The van der Waals surface area contributed by atoms with Crippen molar-refractivity contribution < 1.29 is 9.13 Å². The van der Waals surface area contributed by atoms with E-state index in [4.69, 9.17) is 4.74 Å². The van der Waals surface area contributed by atoms with Gasteiger partial charge in [0, 0.05) is 17.5 Å². The minimum absolute atomic E-state index is 0.104. The lowest BCUT2D eigenvalue weighted by atomic mass is 9.88. The maximum atomic E-state index is 14.4. The van der Waals surface area contributed by atoms with E-state index < -0.39 is 0 Å². The van der Waals surface area contributed by atoms with Crippen molar-refractivity contribution in [2.24, 2.45) is 0 Å². The summed E-state index contributed by atoms with van der Waals surface area (Å²) in [5.74, 6) is 0.142. The van der Waals surface area contributed by atoms with Crippen LogP contribution in [-0.4, -0.2) is 14.2 Å². The first-order valence-corrected chi connectivity index (χ1v) is 6.73. The maximum Gasteiger partial charge on any atom is 0.169 e. The van der Waals surface area contributed by atoms with Crippen molar-refractivity contribution in [3.63, 3.8) is 0 Å². The van der Waals surface area contributed by atoms with E-state index in [1.54, 1.807) is 12.1 Å². The van der Waals surface area contributed by atoms with E-state index in [1.165, 1.54) is 12.7 Å². The second-order valence-corrected chi connectivity index (χ2v) is 4.83. The minimum Gasteiger partial charge on any atom is -0.494 e. The highest BCUT2D eigenvalue weighted by Crippen LogP contribution is 2.34. The molecule has 2 unspecified atom stereocenters. The molecule has 3 heteroatoms. The van der Waals surface area contributed by atoms with Crippen molar-refractivity contribution in [3.8, 4) is 5.75 Å². The first-order chi connectivity index (χ1) is 9.69. The van der Waals surface area contributed by atoms with Gasteiger partial charge in [-0.2, -0.15) is 0 Å². The van der Waals surface area contributed by atoms with Crippen molar-refractivity contribution in [3.05, 3.63) is 65.5 Å². The predicted octanol–water partition coefficient (Wildman–Crippen LogP) is 3.90. The summed E-state index contributed by atoms with van der Waals surface area (Å²) in [4.78, 5) is 0. The SMILES string of the molecule is CNC(c1cccc(OC)c1F)C(C)c1ccccc1. The van der Waals surface area contributed by atoms with Crippen LogP contribution in [0.5, 0.6) is 5.75 Å². The highest BCUT2D eigenvalue weighted by Gasteiger charge is 2.23. The van der Waals surface area contributed by atoms with Crippen LogP contribution in [0.15, 0.2) is 48.5 Å². The van der Waals surface area contributed by atoms with Gasteiger partial charge < -0.3 is 10.1 Å². The van der Waals surface area contributed by atoms with Crippen molar-refractivity contribution in [1.29, 1.82) is 0 Å². The van der Waals surface area contributed by atoms with Crippen LogP contribution in [0.1, 0.15) is 30.0 Å². The molecule has 2 atom stereocenters. The molecule has 2 aromatic carbocycles. The van der Waals surface area contributed by atoms with Crippen LogP contribution in [0.25, 0.3) is 0 Å². The Kier molecular flexibility index (Phi) is 4.74. The molecule has 1 N–H and O–H groups in total. The van der Waals surface area contributed by atoms with Gasteiger partial charge in [0.15, 0.2) is 11.6 Å². The molecule has 2 nitrogen and oxygen atoms in total. The smallest absolute Gasteiger partial charge is 0.169 e. The summed E-state index contributed by atoms with van der Waals surface area (Å²) in [5.41, 5.74) is 1.80. The summed E-state index contributed by atoms with van der Waals surface area (Å²) in [5, 5.41) is 3.21. The third-order valence-electron chi connectivity index (χ3n) is 3.68. The summed E-state index contributed by atoms with van der Waals surface area (Å²) >= 11 is 0. The molecule has 2 rings (SSSR count). The van der Waals surface area contributed by atoms with Gasteiger partial charge in [-0.05, 0) is 18.7 Å². The fourth-order valence-corrected chi connectivity index (χ4v) is 2.55. The van der Waals surface area contributed by atoms with E-state index in [9.17, 15) is 4.39 Å². The lowest BCUT2D eigenvalue weighted by Gasteiger charge is -2.25. The van der Waals surface area contributed by atoms with Gasteiger partial charge in [0.1, 0.15) is 0 Å². The normalized spacial score (nSPS) is 13.8. The summed E-state index contributed by atoms with van der Waals surface area (Å²) in [7, 11) is 3.33. The Labute approximate surface area is 119 Å². The molecule has 2 aromatic rings. The second-order valence-electron chi connectivity index (χ2n) is 4.83. The fourth-order valence-electron chi connectivity index (χ4n) is 2.55. The molecule has 0 fully saturated rings. The summed E-state index contributed by atoms with van der Waals surface area (Å²) in [6.45, 7) is 2.09. The Hall–Kier alpha value is -1.87. The van der Waals surface area contributed by atoms with Crippen molar-refractivity contribution in [2.75, 3.05) is 14.2 Å². The first kappa shape index (κ1) is 14.5. The van der Waals surface area contributed by atoms with E-state index in [1.807, 2.05) is 31.3 Å². The quantitative estimate of drug-likeness (QED) is 0.892. The van der Waals surface area contributed by atoms with Crippen LogP contribution < -0.4 is 10.1 Å². The van der Waals surface area contributed by atoms with Crippen molar-refractivity contribution >= 4 is 0 Å². The number of ether oxygens (including phenoxy) is 1. The molecule has 0 amide bonds. The number of benzene rings is 2. The number of rotatable bonds is 5. The zero-order valence-electron chi connectivity index (χ0n) is 12.1. The molecule has 0 bridgehead atoms. The minimum atomic E-state index is -0.294. The van der Waals surface area contributed by atoms with Crippen molar-refractivity contribution in [2.45, 2.75) is 18.9 Å². The molecule has 0 spiro atoms. The molecule has 0 radical (unpaired) electrons. The van der Waals surface area contributed by atoms with Crippen LogP contribution in [0.4, 0.5) is 4.39 Å². The third kappa shape index (κ3) is 2.83. The fraction of sp³-hybridized carbons (Fsp3) is 0.294. The van der Waals surface area contributed by atoms with Gasteiger partial charge in [-0.25, -0.2) is 4.39 Å². The van der Waals surface area contributed by atoms with Gasteiger partial charge in [-0.15, -0.1) is 0 Å². The maximum absolute atomic E-state index is 14.4. The molecule has 0 aliphatic carbocycles. The van der Waals surface area contributed by atoms with E-state index >= 15 is 0 Å². The van der Waals surface area contributed by atoms with E-state index in [0.29, 0.717) is 5.56 Å². The lowest BCUT2D eigenvalue weighted by Crippen LogP contribution is -2.23. The average Bonchev–Trinajstić information content (AvgIpc) is 2.50. The largest absolute Gasteiger partial charge is 0.494 e. The number of methoxy groups -OCH3 is 1. The number of halogens is 1. The lowest BCUT2D eigenvalue weighted by molar-refractivity contribution is 0.377. The summed E-state index contributed by atoms with van der Waals surface area (Å²) in [6, 6.07) is 15.3. The standard InChI is InChI=1S/C17H20FNO/c1-12(13-8-5-4-6-9-13)17(19-2)14-10-7-11-15(20-3)16(14)18/h4-12,17,19H,1-3H3. The van der Waals surface area contributed by atoms with Crippen LogP contribution >= 0.6 is 0 Å². The molecule has 106 valence electrons. The molecule has 0 saturated heterocycles. The average molecular weight is 273 g/mol. The van der Waals surface area contributed by atoms with Gasteiger partial charge in [-0.3, -0.25) is 0 Å². The Bertz CT molecular complexity index is 556. The Morgan fingerprint density at radius 1 is 1.05 bits per heavy atom. The van der Waals surface area contributed by atoms with Crippen molar-refractivity contribution in [1.82, 2.24) is 5.32 Å². The number of likely N-dealkylation sites (N-methyl/N-ethyl adjacent to an activating group) is 1. The molecule has 0 heterocycles. The molecule has 0 aromatic heterocycles. The van der Waals surface area contributed by atoms with Gasteiger partial charge in [-0.1, -0.05) is 49.4 Å². The number of nitrogens with one attached hydrogen (secondary N) is 1. The molecule has 0 aliphatic heterocycles. The first-order valence-electron chi connectivity index (χ1n) is 6.73.